The van der Waals surface area contributed by atoms with Gasteiger partial charge in [0.05, 0.1) is 9.82 Å². The molecule has 2 rings (SSSR count). The molecule has 0 bridgehead atoms. The Morgan fingerprint density at radius 3 is 2.13 bits per heavy atom. The Kier molecular flexibility index (Phi) is 5.12. The molecule has 0 spiro atoms. The zero-order valence-electron chi connectivity index (χ0n) is 12.9. The van der Waals surface area contributed by atoms with Gasteiger partial charge in [0.1, 0.15) is 0 Å². The molecule has 0 saturated carbocycles. The summed E-state index contributed by atoms with van der Waals surface area (Å²) in [5.74, 6) is 0. The fourth-order valence-electron chi connectivity index (χ4n) is 2.16. The molecule has 122 valence electrons. The van der Waals surface area contributed by atoms with Gasteiger partial charge in [0.2, 0.25) is 10.0 Å². The van der Waals surface area contributed by atoms with Crippen molar-refractivity contribution in [3.63, 3.8) is 0 Å². The van der Waals surface area contributed by atoms with Gasteiger partial charge in [-0.3, -0.25) is 10.1 Å². The van der Waals surface area contributed by atoms with E-state index in [2.05, 4.69) is 11.6 Å². The fraction of sp³-hybridized carbons (Fsp3) is 0.250. The van der Waals surface area contributed by atoms with Crippen LogP contribution in [-0.4, -0.2) is 13.3 Å². The standard InChI is InChI=1S/C16H18N2O4S/c1-3-13-4-6-14(7-5-13)12(2)17-23(21,22)16-10-8-15(9-11-16)18(19)20/h4-12,17H,3H2,1-2H3. The summed E-state index contributed by atoms with van der Waals surface area (Å²) >= 11 is 0. The molecule has 0 aromatic heterocycles. The lowest BCUT2D eigenvalue weighted by atomic mass is 10.1. The second kappa shape index (κ2) is 6.89. The van der Waals surface area contributed by atoms with Crippen molar-refractivity contribution in [2.75, 3.05) is 0 Å². The SMILES string of the molecule is CCc1ccc(C(C)NS(=O)(=O)c2ccc([N+](=O)[O-])cc2)cc1. The summed E-state index contributed by atoms with van der Waals surface area (Å²) in [6.45, 7) is 3.81. The minimum Gasteiger partial charge on any atom is -0.258 e. The normalized spacial score (nSPS) is 12.8. The molecule has 0 aliphatic carbocycles. The number of sulfonamides is 1. The molecule has 2 aromatic rings. The van der Waals surface area contributed by atoms with E-state index in [-0.39, 0.29) is 10.6 Å². The number of aryl methyl sites for hydroxylation is 1. The molecule has 1 atom stereocenters. The van der Waals surface area contributed by atoms with Crippen molar-refractivity contribution >= 4 is 15.7 Å². The lowest BCUT2D eigenvalue weighted by Gasteiger charge is -2.15. The van der Waals surface area contributed by atoms with Crippen LogP contribution in [0.3, 0.4) is 0 Å². The van der Waals surface area contributed by atoms with E-state index in [1.807, 2.05) is 24.3 Å². The second-order valence-corrected chi connectivity index (χ2v) is 6.90. The lowest BCUT2D eigenvalue weighted by Crippen LogP contribution is -2.26. The first-order valence-corrected chi connectivity index (χ1v) is 8.67. The molecule has 0 amide bonds. The topological polar surface area (TPSA) is 89.3 Å². The largest absolute Gasteiger partial charge is 0.269 e. The molecular weight excluding hydrogens is 316 g/mol. The van der Waals surface area contributed by atoms with Gasteiger partial charge >= 0.3 is 0 Å². The molecule has 0 aliphatic rings. The van der Waals surface area contributed by atoms with Crippen molar-refractivity contribution in [1.29, 1.82) is 0 Å². The van der Waals surface area contributed by atoms with Gasteiger partial charge in [0, 0.05) is 18.2 Å². The maximum atomic E-state index is 12.3. The first-order valence-electron chi connectivity index (χ1n) is 7.19. The summed E-state index contributed by atoms with van der Waals surface area (Å²) in [6.07, 6.45) is 0.920. The van der Waals surface area contributed by atoms with Crippen LogP contribution in [0, 0.1) is 10.1 Å². The molecule has 2 aromatic carbocycles. The van der Waals surface area contributed by atoms with E-state index in [1.165, 1.54) is 29.8 Å². The van der Waals surface area contributed by atoms with Crippen LogP contribution < -0.4 is 4.72 Å². The quantitative estimate of drug-likeness (QED) is 0.649. The predicted molar refractivity (Wildman–Crippen MR) is 87.7 cm³/mol. The van der Waals surface area contributed by atoms with Gasteiger partial charge in [-0.15, -0.1) is 0 Å². The van der Waals surface area contributed by atoms with Crippen LogP contribution in [0.4, 0.5) is 5.69 Å². The molecule has 0 radical (unpaired) electrons. The van der Waals surface area contributed by atoms with Crippen molar-refractivity contribution < 1.29 is 13.3 Å². The molecule has 23 heavy (non-hydrogen) atoms. The lowest BCUT2D eigenvalue weighted by molar-refractivity contribution is -0.384. The Bertz CT molecular complexity index is 784. The third-order valence-electron chi connectivity index (χ3n) is 3.58. The summed E-state index contributed by atoms with van der Waals surface area (Å²) in [7, 11) is -3.74. The van der Waals surface area contributed by atoms with Gasteiger partial charge in [0.15, 0.2) is 0 Å². The van der Waals surface area contributed by atoms with E-state index in [4.69, 9.17) is 0 Å². The van der Waals surface area contributed by atoms with Gasteiger partial charge in [-0.1, -0.05) is 31.2 Å². The van der Waals surface area contributed by atoms with Crippen LogP contribution in [0.25, 0.3) is 0 Å². The molecule has 0 heterocycles. The molecule has 0 aliphatic heterocycles. The Labute approximate surface area is 135 Å². The minimum absolute atomic E-state index is 0.000119. The van der Waals surface area contributed by atoms with E-state index in [1.54, 1.807) is 6.92 Å². The predicted octanol–water partition coefficient (Wildman–Crippen LogP) is 3.20. The fourth-order valence-corrected chi connectivity index (χ4v) is 3.39. The summed E-state index contributed by atoms with van der Waals surface area (Å²) in [5.41, 5.74) is 1.89. The van der Waals surface area contributed by atoms with Crippen molar-refractivity contribution in [3.05, 3.63) is 69.8 Å². The van der Waals surface area contributed by atoms with Gasteiger partial charge in [-0.25, -0.2) is 13.1 Å². The highest BCUT2D eigenvalue weighted by Crippen LogP contribution is 2.20. The Balaban J connectivity index is 2.17. The van der Waals surface area contributed by atoms with Gasteiger partial charge in [-0.05, 0) is 36.6 Å². The van der Waals surface area contributed by atoms with Crippen LogP contribution in [0.15, 0.2) is 53.4 Å². The molecule has 6 nitrogen and oxygen atoms in total. The van der Waals surface area contributed by atoms with Crippen LogP contribution in [0.1, 0.15) is 31.0 Å². The number of benzene rings is 2. The third kappa shape index (κ3) is 4.14. The van der Waals surface area contributed by atoms with Crippen molar-refractivity contribution in [3.8, 4) is 0 Å². The number of nitro benzene ring substituents is 1. The average Bonchev–Trinajstić information content (AvgIpc) is 2.54. The zero-order valence-corrected chi connectivity index (χ0v) is 13.7. The summed E-state index contributed by atoms with van der Waals surface area (Å²) < 4.78 is 27.3. The number of hydrogen-bond donors (Lipinski definition) is 1. The summed E-state index contributed by atoms with van der Waals surface area (Å²) in [4.78, 5) is 10.0. The van der Waals surface area contributed by atoms with Gasteiger partial charge in [0.25, 0.3) is 5.69 Å². The van der Waals surface area contributed by atoms with E-state index in [0.29, 0.717) is 0 Å². The summed E-state index contributed by atoms with van der Waals surface area (Å²) in [5, 5.41) is 10.6. The van der Waals surface area contributed by atoms with Crippen molar-refractivity contribution in [2.24, 2.45) is 0 Å². The number of nitro groups is 1. The number of nitrogens with one attached hydrogen (secondary N) is 1. The van der Waals surface area contributed by atoms with Crippen LogP contribution in [-0.2, 0) is 16.4 Å². The number of rotatable bonds is 6. The average molecular weight is 334 g/mol. The maximum absolute atomic E-state index is 12.3. The number of non-ortho nitro benzene ring substituents is 1. The highest BCUT2D eigenvalue weighted by molar-refractivity contribution is 7.89. The molecule has 0 fully saturated rings. The van der Waals surface area contributed by atoms with Gasteiger partial charge < -0.3 is 0 Å². The minimum atomic E-state index is -3.74. The first kappa shape index (κ1) is 17.1. The molecule has 1 unspecified atom stereocenters. The van der Waals surface area contributed by atoms with Crippen LogP contribution in [0.2, 0.25) is 0 Å². The molecule has 0 saturated heterocycles. The Morgan fingerprint density at radius 2 is 1.65 bits per heavy atom. The Hall–Kier alpha value is -2.25. The zero-order chi connectivity index (χ0) is 17.0. The van der Waals surface area contributed by atoms with E-state index in [9.17, 15) is 18.5 Å². The molecule has 7 heteroatoms. The molecular formula is C16H18N2O4S. The summed E-state index contributed by atoms with van der Waals surface area (Å²) in [6, 6.07) is 12.1. The van der Waals surface area contributed by atoms with Crippen molar-refractivity contribution in [1.82, 2.24) is 4.72 Å². The smallest absolute Gasteiger partial charge is 0.258 e. The second-order valence-electron chi connectivity index (χ2n) is 5.19. The third-order valence-corrected chi connectivity index (χ3v) is 5.13. The number of nitrogens with zero attached hydrogens (tertiary/aromatic N) is 1. The van der Waals surface area contributed by atoms with Crippen molar-refractivity contribution in [2.45, 2.75) is 31.2 Å². The maximum Gasteiger partial charge on any atom is 0.269 e. The van der Waals surface area contributed by atoms with Crippen LogP contribution >= 0.6 is 0 Å². The molecule has 1 N–H and O–H groups in total. The van der Waals surface area contributed by atoms with E-state index < -0.39 is 21.0 Å². The highest BCUT2D eigenvalue weighted by Gasteiger charge is 2.19. The van der Waals surface area contributed by atoms with Gasteiger partial charge in [-0.2, -0.15) is 0 Å². The Morgan fingerprint density at radius 1 is 1.09 bits per heavy atom. The first-order chi connectivity index (χ1) is 10.8. The number of hydrogen-bond acceptors (Lipinski definition) is 4. The monoisotopic (exact) mass is 334 g/mol. The van der Waals surface area contributed by atoms with E-state index >= 15 is 0 Å². The van der Waals surface area contributed by atoms with E-state index in [0.717, 1.165) is 12.0 Å². The highest BCUT2D eigenvalue weighted by atomic mass is 32.2. The van der Waals surface area contributed by atoms with Crippen LogP contribution in [0.5, 0.6) is 0 Å².